The van der Waals surface area contributed by atoms with Crippen LogP contribution in [0.15, 0.2) is 199 Å². The molecule has 8 rings (SSSR count). The van der Waals surface area contributed by atoms with E-state index in [1.54, 1.807) is 0 Å². The Morgan fingerprint density at radius 1 is 0.741 bits per heavy atom. The fourth-order valence-corrected chi connectivity index (χ4v) is 8.30. The zero-order valence-corrected chi connectivity index (χ0v) is 31.1. The van der Waals surface area contributed by atoms with Crippen LogP contribution in [0.4, 0.5) is 0 Å². The van der Waals surface area contributed by atoms with Crippen LogP contribution in [0.1, 0.15) is 72.9 Å². The van der Waals surface area contributed by atoms with E-state index in [4.69, 9.17) is 9.73 Å². The summed E-state index contributed by atoms with van der Waals surface area (Å²) in [4.78, 5) is 5.28. The molecule has 0 bridgehead atoms. The molecule has 2 aliphatic heterocycles. The van der Waals surface area contributed by atoms with Gasteiger partial charge < -0.3 is 4.74 Å². The topological polar surface area (TPSA) is 21.6 Å². The number of allylic oxidation sites excluding steroid dienone is 12. The predicted octanol–water partition coefficient (Wildman–Crippen LogP) is 13.5. The first kappa shape index (κ1) is 34.8. The van der Waals surface area contributed by atoms with Gasteiger partial charge in [0, 0.05) is 23.3 Å². The highest BCUT2D eigenvalue weighted by Crippen LogP contribution is 2.59. The molecule has 5 aromatic rings. The van der Waals surface area contributed by atoms with Gasteiger partial charge in [-0.3, -0.25) is 4.99 Å². The molecule has 2 heterocycles. The largest absolute Gasteiger partial charge is 0.461 e. The van der Waals surface area contributed by atoms with Crippen LogP contribution in [0.5, 0.6) is 5.75 Å². The summed E-state index contributed by atoms with van der Waals surface area (Å²) in [5.41, 5.74) is 15.2. The van der Waals surface area contributed by atoms with Gasteiger partial charge in [0.15, 0.2) is 0 Å². The van der Waals surface area contributed by atoms with E-state index in [9.17, 15) is 0 Å². The molecule has 0 amide bonds. The minimum Gasteiger partial charge on any atom is -0.461 e. The third-order valence-electron chi connectivity index (χ3n) is 10.9. The van der Waals surface area contributed by atoms with Gasteiger partial charge in [0.25, 0.3) is 0 Å². The Kier molecular flexibility index (Phi) is 9.92. The molecule has 264 valence electrons. The fraction of sp³-hybridized carbons (Fsp3) is 0.135. The molecule has 54 heavy (non-hydrogen) atoms. The first-order chi connectivity index (χ1) is 26.6. The minimum atomic E-state index is -0.353. The van der Waals surface area contributed by atoms with Gasteiger partial charge in [0.05, 0.1) is 11.1 Å². The van der Waals surface area contributed by atoms with Crippen LogP contribution in [0.3, 0.4) is 0 Å². The monoisotopic (exact) mass is 699 g/mol. The Hall–Kier alpha value is -6.25. The van der Waals surface area contributed by atoms with E-state index in [-0.39, 0.29) is 5.41 Å². The molecular weight excluding hydrogens is 655 g/mol. The molecule has 2 nitrogen and oxygen atoms in total. The Morgan fingerprint density at radius 2 is 1.44 bits per heavy atom. The van der Waals surface area contributed by atoms with E-state index in [1.807, 2.05) is 6.08 Å². The first-order valence-corrected chi connectivity index (χ1v) is 19.1. The summed E-state index contributed by atoms with van der Waals surface area (Å²) in [6.45, 7) is 8.49. The number of benzene rings is 5. The van der Waals surface area contributed by atoms with Crippen molar-refractivity contribution in [3.05, 3.63) is 227 Å². The van der Waals surface area contributed by atoms with Crippen molar-refractivity contribution in [1.29, 1.82) is 0 Å². The van der Waals surface area contributed by atoms with Crippen molar-refractivity contribution in [2.45, 2.75) is 44.9 Å². The second-order valence-electron chi connectivity index (χ2n) is 14.1. The van der Waals surface area contributed by atoms with Crippen molar-refractivity contribution < 1.29 is 4.74 Å². The van der Waals surface area contributed by atoms with Crippen molar-refractivity contribution in [3.63, 3.8) is 0 Å². The van der Waals surface area contributed by atoms with Crippen molar-refractivity contribution >= 4 is 22.6 Å². The lowest BCUT2D eigenvalue weighted by atomic mass is 9.67. The molecule has 5 aromatic carbocycles. The van der Waals surface area contributed by atoms with E-state index < -0.39 is 0 Å². The number of hydrogen-bond acceptors (Lipinski definition) is 2. The summed E-state index contributed by atoms with van der Waals surface area (Å²) in [6, 6.07) is 45.6. The van der Waals surface area contributed by atoms with Gasteiger partial charge in [-0.2, -0.15) is 0 Å². The van der Waals surface area contributed by atoms with Gasteiger partial charge >= 0.3 is 0 Å². The third kappa shape index (κ3) is 6.50. The molecule has 0 saturated heterocycles. The SMILES string of the molecule is C=C/C=C\C1=C(C)C2(C/C(=C\C=C/CC)Oc3ccccc32)c2cccc(-c3ccc(C4=CCCC(c5ccccc5)=NC(c5ccccc5)=C4)cc3)c21. The van der Waals surface area contributed by atoms with Crippen LogP contribution in [-0.4, -0.2) is 5.71 Å². The summed E-state index contributed by atoms with van der Waals surface area (Å²) in [7, 11) is 0. The first-order valence-electron chi connectivity index (χ1n) is 19.1. The molecule has 0 fully saturated rings. The van der Waals surface area contributed by atoms with Gasteiger partial charge in [-0.05, 0) is 94.5 Å². The van der Waals surface area contributed by atoms with Crippen molar-refractivity contribution in [1.82, 2.24) is 0 Å². The zero-order valence-electron chi connectivity index (χ0n) is 31.1. The van der Waals surface area contributed by atoms with Gasteiger partial charge in [-0.1, -0.05) is 171 Å². The number of rotatable bonds is 8. The number of ether oxygens (including phenoxy) is 1. The maximum absolute atomic E-state index is 6.55. The van der Waals surface area contributed by atoms with Gasteiger partial charge in [0.2, 0.25) is 0 Å². The highest BCUT2D eigenvalue weighted by molar-refractivity contribution is 6.05. The quantitative estimate of drug-likeness (QED) is 0.148. The fourth-order valence-electron chi connectivity index (χ4n) is 8.30. The molecule has 2 heteroatoms. The van der Waals surface area contributed by atoms with E-state index in [1.165, 1.54) is 55.7 Å². The maximum atomic E-state index is 6.55. The molecule has 0 saturated carbocycles. The van der Waals surface area contributed by atoms with Crippen molar-refractivity contribution in [3.8, 4) is 16.9 Å². The standard InChI is InChI=1S/C52H45NO/c1-4-6-10-24-43-36-52(46-27-15-16-30-50(46)54-43)37(3)44(25-7-5-2)51-45(26-18-28-47(51)52)39-33-31-38(32-34-39)42-23-17-29-48(40-19-11-8-12-20-40)53-49(35-42)41-21-13-9-14-22-41/h5-16,18-28,30-35H,2,4,17,29,36H2,1,3H3/b10-6-,25-7-,42-23?,43-24+,49-35?,53-48?. The summed E-state index contributed by atoms with van der Waals surface area (Å²) in [5.74, 6) is 1.90. The predicted molar refractivity (Wildman–Crippen MR) is 228 cm³/mol. The lowest BCUT2D eigenvalue weighted by Gasteiger charge is -2.39. The lowest BCUT2D eigenvalue weighted by molar-refractivity contribution is 0.335. The van der Waals surface area contributed by atoms with Gasteiger partial charge in [-0.25, -0.2) is 0 Å². The zero-order chi connectivity index (χ0) is 36.9. The van der Waals surface area contributed by atoms with Crippen LogP contribution in [0.25, 0.3) is 28.0 Å². The second kappa shape index (κ2) is 15.4. The van der Waals surface area contributed by atoms with E-state index in [0.29, 0.717) is 0 Å². The molecular formula is C52H45NO. The number of hydrogen-bond donors (Lipinski definition) is 0. The maximum Gasteiger partial charge on any atom is 0.131 e. The summed E-state index contributed by atoms with van der Waals surface area (Å²) >= 11 is 0. The van der Waals surface area contributed by atoms with E-state index in [0.717, 1.165) is 54.2 Å². The Morgan fingerprint density at radius 3 is 2.20 bits per heavy atom. The van der Waals surface area contributed by atoms with Gasteiger partial charge in [0.1, 0.15) is 11.5 Å². The van der Waals surface area contributed by atoms with E-state index in [2.05, 4.69) is 190 Å². The molecule has 0 radical (unpaired) electrons. The van der Waals surface area contributed by atoms with Crippen LogP contribution >= 0.6 is 0 Å². The summed E-state index contributed by atoms with van der Waals surface area (Å²) in [5, 5.41) is 0. The van der Waals surface area contributed by atoms with Crippen LogP contribution < -0.4 is 4.74 Å². The minimum absolute atomic E-state index is 0.353. The number of aliphatic imine (C=N–C) groups is 1. The number of para-hydroxylation sites is 1. The Bertz CT molecular complexity index is 2420. The van der Waals surface area contributed by atoms with Crippen molar-refractivity contribution in [2.24, 2.45) is 4.99 Å². The third-order valence-corrected chi connectivity index (χ3v) is 10.9. The molecule has 1 aliphatic carbocycles. The molecule has 0 N–H and O–H groups in total. The Labute approximate surface area is 320 Å². The van der Waals surface area contributed by atoms with E-state index >= 15 is 0 Å². The molecule has 1 unspecified atom stereocenters. The summed E-state index contributed by atoms with van der Waals surface area (Å²) < 4.78 is 6.55. The summed E-state index contributed by atoms with van der Waals surface area (Å²) in [6.07, 6.45) is 20.8. The Balaban J connectivity index is 1.22. The van der Waals surface area contributed by atoms with Crippen molar-refractivity contribution in [2.75, 3.05) is 0 Å². The normalized spacial score (nSPS) is 18.9. The molecule has 0 aromatic heterocycles. The number of fused-ring (bicyclic) bond motifs is 4. The van der Waals surface area contributed by atoms with Crippen LogP contribution in [0.2, 0.25) is 0 Å². The highest BCUT2D eigenvalue weighted by atomic mass is 16.5. The molecule has 3 aliphatic rings. The number of nitrogens with zero attached hydrogens (tertiary/aromatic N) is 1. The average molecular weight is 700 g/mol. The highest BCUT2D eigenvalue weighted by Gasteiger charge is 2.49. The van der Waals surface area contributed by atoms with Gasteiger partial charge in [-0.15, -0.1) is 0 Å². The molecule has 1 spiro atoms. The average Bonchev–Trinajstić information content (AvgIpc) is 3.44. The molecule has 1 atom stereocenters. The van der Waals surface area contributed by atoms with Crippen LogP contribution in [0, 0.1) is 0 Å². The smallest absolute Gasteiger partial charge is 0.131 e. The second-order valence-corrected chi connectivity index (χ2v) is 14.1. The van der Waals surface area contributed by atoms with Crippen LogP contribution in [-0.2, 0) is 5.41 Å². The lowest BCUT2D eigenvalue weighted by Crippen LogP contribution is -2.33.